The first-order chi connectivity index (χ1) is 7.36. The highest BCUT2D eigenvalue weighted by molar-refractivity contribution is 5.83. The van der Waals surface area contributed by atoms with Crippen molar-refractivity contribution in [3.63, 3.8) is 0 Å². The molecular weight excluding hydrogens is 212 g/mol. The summed E-state index contributed by atoms with van der Waals surface area (Å²) in [4.78, 5) is 23.4. The fraction of sp³-hybridized carbons (Fsp3) is 0.800. The van der Waals surface area contributed by atoms with Crippen LogP contribution in [0.3, 0.4) is 0 Å². The van der Waals surface area contributed by atoms with Gasteiger partial charge in [-0.15, -0.1) is 0 Å². The Morgan fingerprint density at radius 1 is 1.56 bits per heavy atom. The number of hydrogen-bond acceptors (Lipinski definition) is 4. The minimum absolute atomic E-state index is 0.0771. The van der Waals surface area contributed by atoms with Crippen LogP contribution in [0, 0.1) is 0 Å². The van der Waals surface area contributed by atoms with E-state index in [1.807, 2.05) is 6.92 Å². The number of carboxylic acid groups (broad SMARTS) is 1. The maximum atomic E-state index is 11.6. The summed E-state index contributed by atoms with van der Waals surface area (Å²) < 4.78 is 5.43. The number of carbonyl (C=O) groups excluding carboxylic acids is 1. The van der Waals surface area contributed by atoms with Crippen LogP contribution in [-0.2, 0) is 14.3 Å². The standard InChI is InChI=1S/C10H18N2O4/c1-7(9(14)15)12(3)8(13)4-16-10(2)5-11-6-10/h7,11H,4-6H2,1-3H3,(H,14,15). The number of carboxylic acids is 1. The van der Waals surface area contributed by atoms with E-state index < -0.39 is 12.0 Å². The maximum Gasteiger partial charge on any atom is 0.326 e. The Morgan fingerprint density at radius 3 is 2.50 bits per heavy atom. The Balaban J connectivity index is 2.37. The maximum absolute atomic E-state index is 11.6. The number of nitrogens with zero attached hydrogens (tertiary/aromatic N) is 1. The number of aliphatic carboxylic acids is 1. The van der Waals surface area contributed by atoms with Crippen molar-refractivity contribution in [2.45, 2.75) is 25.5 Å². The van der Waals surface area contributed by atoms with Gasteiger partial charge < -0.3 is 20.1 Å². The third kappa shape index (κ3) is 2.93. The quantitative estimate of drug-likeness (QED) is 0.652. The largest absolute Gasteiger partial charge is 0.480 e. The second-order valence-electron chi connectivity index (χ2n) is 4.36. The van der Waals surface area contributed by atoms with Crippen molar-refractivity contribution in [2.75, 3.05) is 26.7 Å². The highest BCUT2D eigenvalue weighted by Crippen LogP contribution is 2.15. The van der Waals surface area contributed by atoms with Crippen LogP contribution in [0.1, 0.15) is 13.8 Å². The molecular formula is C10H18N2O4. The van der Waals surface area contributed by atoms with Gasteiger partial charge in [-0.3, -0.25) is 4.79 Å². The van der Waals surface area contributed by atoms with Gasteiger partial charge >= 0.3 is 5.97 Å². The number of hydrogen-bond donors (Lipinski definition) is 2. The lowest BCUT2D eigenvalue weighted by atomic mass is 10.0. The summed E-state index contributed by atoms with van der Waals surface area (Å²) in [6.07, 6.45) is 0. The first-order valence-electron chi connectivity index (χ1n) is 5.19. The minimum Gasteiger partial charge on any atom is -0.480 e. The molecule has 1 aliphatic heterocycles. The van der Waals surface area contributed by atoms with Crippen LogP contribution < -0.4 is 5.32 Å². The molecule has 0 aromatic rings. The zero-order valence-corrected chi connectivity index (χ0v) is 9.82. The van der Waals surface area contributed by atoms with E-state index in [2.05, 4.69) is 5.32 Å². The Labute approximate surface area is 94.6 Å². The highest BCUT2D eigenvalue weighted by atomic mass is 16.5. The molecule has 1 amide bonds. The molecule has 0 spiro atoms. The van der Waals surface area contributed by atoms with Crippen LogP contribution in [-0.4, -0.2) is 60.3 Å². The molecule has 6 nitrogen and oxygen atoms in total. The van der Waals surface area contributed by atoms with E-state index in [1.165, 1.54) is 18.9 Å². The Hall–Kier alpha value is -1.14. The third-order valence-electron chi connectivity index (χ3n) is 2.87. The van der Waals surface area contributed by atoms with Gasteiger partial charge in [0.2, 0.25) is 5.91 Å². The first-order valence-corrected chi connectivity index (χ1v) is 5.19. The number of ether oxygens (including phenoxy) is 1. The van der Waals surface area contributed by atoms with Crippen LogP contribution in [0.4, 0.5) is 0 Å². The highest BCUT2D eigenvalue weighted by Gasteiger charge is 2.34. The molecule has 1 aliphatic rings. The predicted octanol–water partition coefficient (Wildman–Crippen LogP) is -0.704. The number of likely N-dealkylation sites (N-methyl/N-ethyl adjacent to an activating group) is 1. The van der Waals surface area contributed by atoms with Crippen LogP contribution in [0.25, 0.3) is 0 Å². The number of nitrogens with one attached hydrogen (secondary N) is 1. The van der Waals surface area contributed by atoms with Crippen LogP contribution in [0.15, 0.2) is 0 Å². The monoisotopic (exact) mass is 230 g/mol. The van der Waals surface area contributed by atoms with Crippen LogP contribution in [0.2, 0.25) is 0 Å². The molecule has 1 fully saturated rings. The molecule has 6 heteroatoms. The van der Waals surface area contributed by atoms with Crippen molar-refractivity contribution in [1.29, 1.82) is 0 Å². The van der Waals surface area contributed by atoms with E-state index in [9.17, 15) is 9.59 Å². The second kappa shape index (κ2) is 4.80. The van der Waals surface area contributed by atoms with Crippen molar-refractivity contribution < 1.29 is 19.4 Å². The van der Waals surface area contributed by atoms with Crippen molar-refractivity contribution in [3.8, 4) is 0 Å². The molecule has 0 radical (unpaired) electrons. The second-order valence-corrected chi connectivity index (χ2v) is 4.36. The molecule has 0 aromatic heterocycles. The van der Waals surface area contributed by atoms with Gasteiger partial charge in [0.25, 0.3) is 0 Å². The lowest BCUT2D eigenvalue weighted by Gasteiger charge is -2.39. The number of carbonyl (C=O) groups is 2. The van der Waals surface area contributed by atoms with Gasteiger partial charge in [-0.1, -0.05) is 0 Å². The molecule has 1 heterocycles. The lowest BCUT2D eigenvalue weighted by molar-refractivity contribution is -0.154. The Bertz CT molecular complexity index is 289. The van der Waals surface area contributed by atoms with Gasteiger partial charge in [0.15, 0.2) is 0 Å². The van der Waals surface area contributed by atoms with Crippen molar-refractivity contribution in [1.82, 2.24) is 10.2 Å². The summed E-state index contributed by atoms with van der Waals surface area (Å²) in [5.74, 6) is -1.34. The lowest BCUT2D eigenvalue weighted by Crippen LogP contribution is -2.60. The van der Waals surface area contributed by atoms with Gasteiger partial charge in [-0.25, -0.2) is 4.79 Å². The summed E-state index contributed by atoms with van der Waals surface area (Å²) in [6, 6.07) is -0.830. The Kier molecular flexibility index (Phi) is 3.88. The first kappa shape index (κ1) is 12.9. The fourth-order valence-electron chi connectivity index (χ4n) is 1.30. The fourth-order valence-corrected chi connectivity index (χ4v) is 1.30. The van der Waals surface area contributed by atoms with Gasteiger partial charge in [-0.2, -0.15) is 0 Å². The van der Waals surface area contributed by atoms with E-state index in [0.29, 0.717) is 0 Å². The zero-order chi connectivity index (χ0) is 12.3. The van der Waals surface area contributed by atoms with Crippen molar-refractivity contribution >= 4 is 11.9 Å². The van der Waals surface area contributed by atoms with Gasteiger partial charge in [0, 0.05) is 20.1 Å². The average Bonchev–Trinajstić information content (AvgIpc) is 2.20. The molecule has 1 rings (SSSR count). The molecule has 16 heavy (non-hydrogen) atoms. The van der Waals surface area contributed by atoms with E-state index in [0.717, 1.165) is 13.1 Å². The number of rotatable bonds is 5. The molecule has 1 atom stereocenters. The summed E-state index contributed by atoms with van der Waals surface area (Å²) in [5, 5.41) is 11.8. The smallest absolute Gasteiger partial charge is 0.326 e. The molecule has 0 saturated carbocycles. The molecule has 0 aromatic carbocycles. The normalized spacial score (nSPS) is 19.7. The number of amides is 1. The van der Waals surface area contributed by atoms with Gasteiger partial charge in [-0.05, 0) is 13.8 Å². The topological polar surface area (TPSA) is 78.9 Å². The van der Waals surface area contributed by atoms with Gasteiger partial charge in [0.1, 0.15) is 12.6 Å². The summed E-state index contributed by atoms with van der Waals surface area (Å²) in [7, 11) is 1.46. The predicted molar refractivity (Wildman–Crippen MR) is 57.1 cm³/mol. The molecule has 0 bridgehead atoms. The van der Waals surface area contributed by atoms with Gasteiger partial charge in [0.05, 0.1) is 5.60 Å². The molecule has 0 aliphatic carbocycles. The van der Waals surface area contributed by atoms with E-state index in [1.54, 1.807) is 0 Å². The zero-order valence-electron chi connectivity index (χ0n) is 9.82. The van der Waals surface area contributed by atoms with Crippen LogP contribution >= 0.6 is 0 Å². The summed E-state index contributed by atoms with van der Waals surface area (Å²) in [5.41, 5.74) is -0.289. The molecule has 92 valence electrons. The van der Waals surface area contributed by atoms with E-state index in [-0.39, 0.29) is 18.1 Å². The molecule has 1 saturated heterocycles. The van der Waals surface area contributed by atoms with Crippen molar-refractivity contribution in [3.05, 3.63) is 0 Å². The molecule has 2 N–H and O–H groups in total. The third-order valence-corrected chi connectivity index (χ3v) is 2.87. The SMILES string of the molecule is CC(C(=O)O)N(C)C(=O)COC1(C)CNC1. The van der Waals surface area contributed by atoms with Crippen molar-refractivity contribution in [2.24, 2.45) is 0 Å². The summed E-state index contributed by atoms with van der Waals surface area (Å²) >= 11 is 0. The molecule has 1 unspecified atom stereocenters. The minimum atomic E-state index is -1.02. The van der Waals surface area contributed by atoms with E-state index >= 15 is 0 Å². The Morgan fingerprint density at radius 2 is 2.12 bits per heavy atom. The average molecular weight is 230 g/mol. The van der Waals surface area contributed by atoms with E-state index in [4.69, 9.17) is 9.84 Å². The van der Waals surface area contributed by atoms with Crippen LogP contribution in [0.5, 0.6) is 0 Å². The summed E-state index contributed by atoms with van der Waals surface area (Å²) in [6.45, 7) is 4.74.